The third kappa shape index (κ3) is 12.1. The van der Waals surface area contributed by atoms with Crippen molar-refractivity contribution in [3.8, 4) is 23.8 Å². The van der Waals surface area contributed by atoms with Crippen LogP contribution in [-0.4, -0.2) is 47.5 Å². The predicted octanol–water partition coefficient (Wildman–Crippen LogP) is 6.28. The largest absolute Gasteiger partial charge is 0.493 e. The van der Waals surface area contributed by atoms with E-state index in [1.807, 2.05) is 0 Å². The number of benzene rings is 3. The second-order valence-electron chi connectivity index (χ2n) is 10.2. The molecule has 0 aromatic heterocycles. The Labute approximate surface area is 279 Å². The molecule has 49 heavy (non-hydrogen) atoms. The summed E-state index contributed by atoms with van der Waals surface area (Å²) in [6.07, 6.45) is -2.39. The van der Waals surface area contributed by atoms with E-state index in [0.717, 1.165) is 0 Å². The lowest BCUT2D eigenvalue weighted by atomic mass is 10.1. The number of nitrogens with two attached hydrogens (primary N) is 1. The fraction of sp³-hybridized carbons (Fsp3) is 0.250. The molecule has 0 bridgehead atoms. The van der Waals surface area contributed by atoms with Gasteiger partial charge in [-0.1, -0.05) is 12.1 Å². The molecule has 0 fully saturated rings. The van der Waals surface area contributed by atoms with Crippen LogP contribution in [0.4, 0.5) is 35.0 Å². The van der Waals surface area contributed by atoms with Crippen molar-refractivity contribution >= 4 is 48.5 Å². The van der Waals surface area contributed by atoms with E-state index in [4.69, 9.17) is 25.9 Å². The van der Waals surface area contributed by atoms with Gasteiger partial charge in [0.2, 0.25) is 17.7 Å². The topological polar surface area (TPSA) is 176 Å². The molecule has 13 nitrogen and oxygen atoms in total. The molecule has 0 spiro atoms. The molecule has 0 heterocycles. The van der Waals surface area contributed by atoms with Crippen LogP contribution in [-0.2, 0) is 34.9 Å². The third-order valence-electron chi connectivity index (χ3n) is 6.10. The van der Waals surface area contributed by atoms with Gasteiger partial charge in [0.15, 0.2) is 0 Å². The van der Waals surface area contributed by atoms with Gasteiger partial charge < -0.3 is 35.0 Å². The number of amides is 3. The van der Waals surface area contributed by atoms with E-state index in [0.29, 0.717) is 22.6 Å². The van der Waals surface area contributed by atoms with Crippen molar-refractivity contribution in [1.29, 1.82) is 0 Å². The number of nitrogens with zero attached hydrogens (tertiary/aromatic N) is 1. The fourth-order valence-electron chi connectivity index (χ4n) is 3.93. The molecular formula is C32H32F3N4O9P. The minimum absolute atomic E-state index is 0.00408. The van der Waals surface area contributed by atoms with Crippen molar-refractivity contribution in [2.24, 2.45) is 0 Å². The summed E-state index contributed by atoms with van der Waals surface area (Å²) in [6.45, 7) is 1.98. The average Bonchev–Trinajstić information content (AvgIpc) is 3.02. The van der Waals surface area contributed by atoms with Crippen LogP contribution in [0.3, 0.4) is 0 Å². The lowest BCUT2D eigenvalue weighted by Gasteiger charge is -2.29. The Morgan fingerprint density at radius 3 is 1.80 bits per heavy atom. The quantitative estimate of drug-likeness (QED) is 0.0604. The van der Waals surface area contributed by atoms with Crippen molar-refractivity contribution in [3.05, 3.63) is 78.4 Å². The van der Waals surface area contributed by atoms with Gasteiger partial charge in [0.25, 0.3) is 0 Å². The van der Waals surface area contributed by atoms with Crippen LogP contribution < -0.4 is 25.4 Å². The van der Waals surface area contributed by atoms with Crippen LogP contribution in [0.25, 0.3) is 0 Å². The second kappa shape index (κ2) is 16.9. The molecule has 3 rings (SSSR count). The Balaban J connectivity index is 2.08. The fourth-order valence-corrected chi connectivity index (χ4v) is 5.69. The number of rotatable bonds is 13. The summed E-state index contributed by atoms with van der Waals surface area (Å²) in [5, 5.41) is 5.12. The molecular weight excluding hydrogens is 672 g/mol. The van der Waals surface area contributed by atoms with Crippen LogP contribution in [0.15, 0.2) is 72.8 Å². The number of nitrogens with one attached hydrogen (secondary N) is 2. The highest BCUT2D eigenvalue weighted by Gasteiger charge is 2.46. The number of ether oxygens (including phenoxy) is 1. The normalized spacial score (nSPS) is 11.7. The number of halogens is 3. The first kappa shape index (κ1) is 37.8. The van der Waals surface area contributed by atoms with E-state index in [9.17, 15) is 36.9 Å². The molecule has 0 aliphatic heterocycles. The Morgan fingerprint density at radius 2 is 1.37 bits per heavy atom. The average molecular weight is 705 g/mol. The number of alkyl halides is 3. The highest BCUT2D eigenvalue weighted by molar-refractivity contribution is 7.55. The van der Waals surface area contributed by atoms with Gasteiger partial charge in [0.05, 0.1) is 6.54 Å². The van der Waals surface area contributed by atoms with Crippen molar-refractivity contribution in [2.45, 2.75) is 45.1 Å². The molecule has 3 aromatic rings. The maximum atomic E-state index is 14.8. The number of terminal acetylenes is 1. The van der Waals surface area contributed by atoms with Gasteiger partial charge >= 0.3 is 25.8 Å². The van der Waals surface area contributed by atoms with Crippen LogP contribution in [0.2, 0.25) is 0 Å². The minimum atomic E-state index is -5.47. The van der Waals surface area contributed by atoms with Crippen LogP contribution >= 0.6 is 7.60 Å². The van der Waals surface area contributed by atoms with Gasteiger partial charge in [0, 0.05) is 43.8 Å². The number of hydrogen-bond donors (Lipinski definition) is 3. The van der Waals surface area contributed by atoms with E-state index < -0.39 is 44.6 Å². The molecule has 0 saturated carbocycles. The molecule has 260 valence electrons. The van der Waals surface area contributed by atoms with E-state index in [2.05, 4.69) is 21.4 Å². The molecule has 1 unspecified atom stereocenters. The van der Waals surface area contributed by atoms with Gasteiger partial charge in [-0.25, -0.2) is 14.2 Å². The number of carbonyl (C=O) groups excluding carboxylic acids is 4. The molecule has 0 saturated heterocycles. The van der Waals surface area contributed by atoms with Crippen molar-refractivity contribution in [1.82, 2.24) is 5.06 Å². The van der Waals surface area contributed by atoms with Crippen molar-refractivity contribution in [2.75, 3.05) is 22.9 Å². The van der Waals surface area contributed by atoms with E-state index in [1.165, 1.54) is 86.6 Å². The zero-order valence-electron chi connectivity index (χ0n) is 26.2. The summed E-state index contributed by atoms with van der Waals surface area (Å²) in [7, 11) is -4.80. The summed E-state index contributed by atoms with van der Waals surface area (Å²) in [5.74, 6) is -3.25. The SMILES string of the molecule is C#CCCCN(OC(=O)C(F)(F)F)C(=O)OC(Cc1ccc(N)cc1)P(=O)(Oc1ccc(NC(C)=O)cc1)Oc1ccc(NC(C)=O)cc1. The molecule has 4 N–H and O–H groups in total. The smallest absolute Gasteiger partial charge is 0.428 e. The summed E-state index contributed by atoms with van der Waals surface area (Å²) in [6, 6.07) is 17.1. The lowest BCUT2D eigenvalue weighted by Crippen LogP contribution is -2.41. The Bertz CT molecular complexity index is 1650. The maximum Gasteiger partial charge on any atom is 0.493 e. The van der Waals surface area contributed by atoms with Gasteiger partial charge in [-0.3, -0.25) is 9.59 Å². The predicted molar refractivity (Wildman–Crippen MR) is 172 cm³/mol. The lowest BCUT2D eigenvalue weighted by molar-refractivity contribution is -0.231. The van der Waals surface area contributed by atoms with Crippen LogP contribution in [0.5, 0.6) is 11.5 Å². The number of carbonyl (C=O) groups is 4. The van der Waals surface area contributed by atoms with Crippen molar-refractivity contribution in [3.63, 3.8) is 0 Å². The number of hydrogen-bond acceptors (Lipinski definition) is 10. The molecule has 0 aliphatic carbocycles. The van der Waals surface area contributed by atoms with E-state index in [1.54, 1.807) is 0 Å². The van der Waals surface area contributed by atoms with Gasteiger partial charge in [-0.05, 0) is 72.6 Å². The standard InChI is InChI=1S/C32H32F3N4O9P/c1-4-5-6-19-39(46-30(42)32(33,34)35)31(43)45-29(20-23-7-9-24(36)10-8-23)49(44,47-27-15-11-25(12-16-27)37-21(2)40)48-28-17-13-26(14-18-28)38-22(3)41/h1,7-18,29H,5-6,19-20,36H2,2-3H3,(H,37,40)(H,38,41). The molecule has 0 aliphatic rings. The Hall–Kier alpha value is -5.68. The molecule has 1 atom stereocenters. The Kier molecular flexibility index (Phi) is 13.1. The highest BCUT2D eigenvalue weighted by Crippen LogP contribution is 2.54. The molecule has 17 heteroatoms. The molecule has 3 aromatic carbocycles. The summed E-state index contributed by atoms with van der Waals surface area (Å²) in [5.41, 5.74) is 7.27. The minimum Gasteiger partial charge on any atom is -0.428 e. The summed E-state index contributed by atoms with van der Waals surface area (Å²) >= 11 is 0. The highest BCUT2D eigenvalue weighted by atomic mass is 31.2. The van der Waals surface area contributed by atoms with E-state index in [-0.39, 0.29) is 41.2 Å². The maximum absolute atomic E-state index is 14.8. The van der Waals surface area contributed by atoms with E-state index >= 15 is 0 Å². The van der Waals surface area contributed by atoms with Crippen molar-refractivity contribution < 1.29 is 55.5 Å². The first-order valence-corrected chi connectivity index (χ1v) is 16.0. The molecule has 3 amide bonds. The van der Waals surface area contributed by atoms with Gasteiger partial charge in [-0.15, -0.1) is 17.4 Å². The van der Waals surface area contributed by atoms with Gasteiger partial charge in [-0.2, -0.15) is 13.2 Å². The monoisotopic (exact) mass is 704 g/mol. The first-order chi connectivity index (χ1) is 23.1. The second-order valence-corrected chi connectivity index (χ2v) is 12.2. The third-order valence-corrected chi connectivity index (χ3v) is 8.03. The van der Waals surface area contributed by atoms with Crippen LogP contribution in [0.1, 0.15) is 32.3 Å². The number of unbranched alkanes of at least 4 members (excludes halogenated alkanes) is 1. The zero-order valence-corrected chi connectivity index (χ0v) is 27.1. The number of anilines is 3. The zero-order chi connectivity index (χ0) is 36.2. The van der Waals surface area contributed by atoms with Gasteiger partial charge in [0.1, 0.15) is 11.5 Å². The Morgan fingerprint density at radius 1 is 0.878 bits per heavy atom. The number of nitrogen functional groups attached to an aromatic ring is 1. The molecule has 0 radical (unpaired) electrons. The summed E-state index contributed by atoms with van der Waals surface area (Å²) < 4.78 is 71.3. The summed E-state index contributed by atoms with van der Waals surface area (Å²) in [4.78, 5) is 52.3. The van der Waals surface area contributed by atoms with Crippen LogP contribution in [0, 0.1) is 12.3 Å². The first-order valence-electron chi connectivity index (χ1n) is 14.4. The number of hydroxylamine groups is 2.